The molecular weight excluding hydrogens is 644 g/mol. The molecule has 0 bridgehead atoms. The SMILES string of the molecule is CCOc1cc(/C=C2\C(=O)NC(=O)N(c3ccc(F)cc3)C2=O)cc(I)c1OCC(=O)Nc1ccccc1Cl. The van der Waals surface area contributed by atoms with Crippen molar-refractivity contribution in [1.29, 1.82) is 0 Å². The second-order valence-corrected chi connectivity index (χ2v) is 9.58. The van der Waals surface area contributed by atoms with Crippen LogP contribution in [0.2, 0.25) is 5.02 Å². The van der Waals surface area contributed by atoms with Crippen LogP contribution in [0.4, 0.5) is 20.6 Å². The van der Waals surface area contributed by atoms with Crippen LogP contribution in [0.15, 0.2) is 66.2 Å². The van der Waals surface area contributed by atoms with Crippen molar-refractivity contribution in [2.24, 2.45) is 0 Å². The summed E-state index contributed by atoms with van der Waals surface area (Å²) in [6.07, 6.45) is 1.30. The topological polar surface area (TPSA) is 114 Å². The van der Waals surface area contributed by atoms with Crippen LogP contribution in [0.1, 0.15) is 12.5 Å². The van der Waals surface area contributed by atoms with Crippen molar-refractivity contribution in [3.05, 3.63) is 86.2 Å². The molecule has 2 N–H and O–H groups in total. The molecule has 3 aromatic rings. The molecule has 39 heavy (non-hydrogen) atoms. The van der Waals surface area contributed by atoms with E-state index >= 15 is 0 Å². The van der Waals surface area contributed by atoms with Gasteiger partial charge < -0.3 is 14.8 Å². The van der Waals surface area contributed by atoms with Gasteiger partial charge in [0.25, 0.3) is 17.7 Å². The lowest BCUT2D eigenvalue weighted by Gasteiger charge is -2.26. The summed E-state index contributed by atoms with van der Waals surface area (Å²) < 4.78 is 25.3. The summed E-state index contributed by atoms with van der Waals surface area (Å²) in [5.41, 5.74) is 0.631. The Morgan fingerprint density at radius 3 is 2.51 bits per heavy atom. The summed E-state index contributed by atoms with van der Waals surface area (Å²) >= 11 is 8.06. The summed E-state index contributed by atoms with van der Waals surface area (Å²) in [7, 11) is 0. The number of hydrogen-bond donors (Lipinski definition) is 2. The molecule has 0 radical (unpaired) electrons. The first kappa shape index (κ1) is 28.0. The highest BCUT2D eigenvalue weighted by molar-refractivity contribution is 14.1. The number of ether oxygens (including phenoxy) is 2. The van der Waals surface area contributed by atoms with Gasteiger partial charge in [-0.1, -0.05) is 23.7 Å². The number of barbiturate groups is 1. The fourth-order valence-corrected chi connectivity index (χ4v) is 4.57. The summed E-state index contributed by atoms with van der Waals surface area (Å²) in [4.78, 5) is 51.2. The van der Waals surface area contributed by atoms with Gasteiger partial charge in [0.2, 0.25) is 0 Å². The monoisotopic (exact) mass is 663 g/mol. The van der Waals surface area contributed by atoms with Gasteiger partial charge in [-0.15, -0.1) is 0 Å². The van der Waals surface area contributed by atoms with Crippen LogP contribution in [0.3, 0.4) is 0 Å². The highest BCUT2D eigenvalue weighted by atomic mass is 127. The van der Waals surface area contributed by atoms with Gasteiger partial charge in [0.05, 0.1) is 26.6 Å². The molecule has 3 aromatic carbocycles. The fraction of sp³-hybridized carbons (Fsp3) is 0.111. The average Bonchev–Trinajstić information content (AvgIpc) is 2.88. The van der Waals surface area contributed by atoms with Crippen molar-refractivity contribution in [2.45, 2.75) is 6.92 Å². The number of rotatable bonds is 8. The van der Waals surface area contributed by atoms with Gasteiger partial charge in [0.1, 0.15) is 11.4 Å². The standard InChI is InChI=1S/C27H20ClFIN3O6/c1-2-38-22-13-15(12-20(30)24(22)39-14-23(34)31-21-6-4-3-5-19(21)28)11-18-25(35)32-27(37)33(26(18)36)17-9-7-16(29)8-10-17/h3-13H,2,14H2,1H3,(H,31,34)(H,32,35,37)/b18-11+. The smallest absolute Gasteiger partial charge is 0.335 e. The Kier molecular flexibility index (Phi) is 8.82. The van der Waals surface area contributed by atoms with Gasteiger partial charge in [0, 0.05) is 0 Å². The summed E-state index contributed by atoms with van der Waals surface area (Å²) in [6.45, 7) is 1.69. The zero-order valence-electron chi connectivity index (χ0n) is 20.3. The molecular formula is C27H20ClFIN3O6. The van der Waals surface area contributed by atoms with E-state index in [4.69, 9.17) is 21.1 Å². The first-order valence-electron chi connectivity index (χ1n) is 11.5. The zero-order chi connectivity index (χ0) is 28.1. The normalized spacial score (nSPS) is 14.3. The lowest BCUT2D eigenvalue weighted by atomic mass is 10.1. The number of urea groups is 1. The van der Waals surface area contributed by atoms with Gasteiger partial charge >= 0.3 is 6.03 Å². The zero-order valence-corrected chi connectivity index (χ0v) is 23.2. The summed E-state index contributed by atoms with van der Waals surface area (Å²) in [5.74, 6) is -2.18. The Labute approximate surface area is 241 Å². The molecule has 0 aliphatic carbocycles. The van der Waals surface area contributed by atoms with Crippen molar-refractivity contribution in [3.8, 4) is 11.5 Å². The molecule has 1 heterocycles. The molecule has 0 spiro atoms. The maximum atomic E-state index is 13.3. The highest BCUT2D eigenvalue weighted by Gasteiger charge is 2.37. The predicted octanol–water partition coefficient (Wildman–Crippen LogP) is 5.17. The third kappa shape index (κ3) is 6.55. The van der Waals surface area contributed by atoms with Crippen molar-refractivity contribution < 1.29 is 33.0 Å². The number of nitrogens with zero attached hydrogens (tertiary/aromatic N) is 1. The molecule has 1 saturated heterocycles. The minimum atomic E-state index is -0.947. The Morgan fingerprint density at radius 2 is 1.82 bits per heavy atom. The first-order valence-corrected chi connectivity index (χ1v) is 12.9. The Bertz CT molecular complexity index is 1500. The second-order valence-electron chi connectivity index (χ2n) is 8.01. The molecule has 0 atom stereocenters. The average molecular weight is 664 g/mol. The molecule has 12 heteroatoms. The van der Waals surface area contributed by atoms with Crippen molar-refractivity contribution in [1.82, 2.24) is 5.32 Å². The Balaban J connectivity index is 1.58. The van der Waals surface area contributed by atoms with Gasteiger partial charge in [-0.2, -0.15) is 0 Å². The minimum Gasteiger partial charge on any atom is -0.490 e. The minimum absolute atomic E-state index is 0.0979. The van der Waals surface area contributed by atoms with Crippen LogP contribution in [-0.2, 0) is 14.4 Å². The quantitative estimate of drug-likeness (QED) is 0.196. The van der Waals surface area contributed by atoms with E-state index in [0.717, 1.165) is 17.0 Å². The van der Waals surface area contributed by atoms with E-state index in [1.54, 1.807) is 43.3 Å². The Hall–Kier alpha value is -3.97. The van der Waals surface area contributed by atoms with E-state index in [9.17, 15) is 23.6 Å². The number of carbonyl (C=O) groups excluding carboxylic acids is 4. The van der Waals surface area contributed by atoms with Gasteiger partial charge in [-0.3, -0.25) is 19.7 Å². The van der Waals surface area contributed by atoms with Crippen LogP contribution in [0.5, 0.6) is 11.5 Å². The number of anilines is 2. The van der Waals surface area contributed by atoms with Gasteiger partial charge in [0.15, 0.2) is 18.1 Å². The van der Waals surface area contributed by atoms with E-state index in [1.807, 2.05) is 22.6 Å². The molecule has 1 aliphatic rings. The number of halogens is 3. The fourth-order valence-electron chi connectivity index (χ4n) is 3.61. The van der Waals surface area contributed by atoms with Crippen LogP contribution in [0.25, 0.3) is 6.08 Å². The van der Waals surface area contributed by atoms with Gasteiger partial charge in [-0.25, -0.2) is 14.1 Å². The van der Waals surface area contributed by atoms with E-state index in [2.05, 4.69) is 10.6 Å². The number of carbonyl (C=O) groups is 4. The van der Waals surface area contributed by atoms with Crippen LogP contribution >= 0.6 is 34.2 Å². The van der Waals surface area contributed by atoms with E-state index in [-0.39, 0.29) is 36.0 Å². The maximum absolute atomic E-state index is 13.3. The van der Waals surface area contributed by atoms with Crippen molar-refractivity contribution in [2.75, 3.05) is 23.4 Å². The number of imide groups is 2. The highest BCUT2D eigenvalue weighted by Crippen LogP contribution is 2.35. The summed E-state index contributed by atoms with van der Waals surface area (Å²) in [5, 5.41) is 5.17. The van der Waals surface area contributed by atoms with E-state index in [0.29, 0.717) is 19.8 Å². The predicted molar refractivity (Wildman–Crippen MR) is 151 cm³/mol. The van der Waals surface area contributed by atoms with Gasteiger partial charge in [-0.05, 0) is 89.7 Å². The molecule has 5 amide bonds. The molecule has 1 fully saturated rings. The summed E-state index contributed by atoms with van der Waals surface area (Å²) in [6, 6.07) is 13.7. The largest absolute Gasteiger partial charge is 0.490 e. The van der Waals surface area contributed by atoms with E-state index < -0.39 is 29.6 Å². The molecule has 1 aliphatic heterocycles. The van der Waals surface area contributed by atoms with Crippen LogP contribution < -0.4 is 25.0 Å². The third-order valence-corrected chi connectivity index (χ3v) is 6.46. The number of nitrogens with one attached hydrogen (secondary N) is 2. The second kappa shape index (κ2) is 12.3. The number of hydrogen-bond acceptors (Lipinski definition) is 6. The number of amides is 5. The lowest BCUT2D eigenvalue weighted by Crippen LogP contribution is -2.54. The van der Waals surface area contributed by atoms with E-state index in [1.165, 1.54) is 18.2 Å². The van der Waals surface area contributed by atoms with Crippen LogP contribution in [-0.4, -0.2) is 37.0 Å². The van der Waals surface area contributed by atoms with Crippen molar-refractivity contribution in [3.63, 3.8) is 0 Å². The van der Waals surface area contributed by atoms with Crippen molar-refractivity contribution >= 4 is 75.4 Å². The lowest BCUT2D eigenvalue weighted by molar-refractivity contribution is -0.122. The molecule has 0 saturated carbocycles. The number of para-hydroxylation sites is 1. The Morgan fingerprint density at radius 1 is 1.10 bits per heavy atom. The number of benzene rings is 3. The first-order chi connectivity index (χ1) is 18.7. The molecule has 0 aromatic heterocycles. The molecule has 0 unspecified atom stereocenters. The molecule has 9 nitrogen and oxygen atoms in total. The van der Waals surface area contributed by atoms with Crippen LogP contribution in [0, 0.1) is 9.39 Å². The third-order valence-electron chi connectivity index (χ3n) is 5.32. The molecule has 4 rings (SSSR count). The maximum Gasteiger partial charge on any atom is 0.335 e. The molecule has 200 valence electrons.